The van der Waals surface area contributed by atoms with Gasteiger partial charge in [-0.05, 0) is 29.4 Å². The van der Waals surface area contributed by atoms with Crippen molar-refractivity contribution in [3.05, 3.63) is 78.3 Å². The topological polar surface area (TPSA) is 31.4 Å². The maximum atomic E-state index is 4.89. The third kappa shape index (κ3) is 6.08. The van der Waals surface area contributed by atoms with Crippen LogP contribution in [0.15, 0.2) is 54.6 Å². The Morgan fingerprint density at radius 1 is 1.00 bits per heavy atom. The maximum absolute atomic E-state index is 4.89. The second-order valence-electron chi connectivity index (χ2n) is 8.27. The van der Waals surface area contributed by atoms with Gasteiger partial charge in [0.1, 0.15) is 8.24 Å². The van der Waals surface area contributed by atoms with Gasteiger partial charge < -0.3 is 22.6 Å². The standard InChI is InChI=1S/C21H29N3Si.CH3.2ClH.Ti/c1-25(2,24-15-22-14-23-16-24)21-13-12-19-18(10-6-7-11-20(19)21)17-8-4-3-5-9-17;;;;/h3-11,18-21H,12-16H2,1-2H3;1H3;2*1H;/q-2;-1;;;+6/p-2. The Kier molecular flexibility index (Phi) is 10.7. The zero-order chi connectivity index (χ0) is 20.0. The predicted octanol–water partition coefficient (Wildman–Crippen LogP) is 7.26. The molecule has 1 aliphatic heterocycles. The fourth-order valence-electron chi connectivity index (χ4n) is 5.17. The van der Waals surface area contributed by atoms with E-state index in [0.717, 1.165) is 24.8 Å². The van der Waals surface area contributed by atoms with E-state index in [1.165, 1.54) is 18.4 Å². The number of halogens is 2. The molecule has 0 N–H and O–H groups in total. The quantitative estimate of drug-likeness (QED) is 0.328. The van der Waals surface area contributed by atoms with Gasteiger partial charge in [0.05, 0.1) is 0 Å². The number of hydrogen-bond acceptors (Lipinski definition) is 1. The van der Waals surface area contributed by atoms with Crippen LogP contribution in [-0.2, 0) is 17.0 Å². The van der Waals surface area contributed by atoms with E-state index in [2.05, 4.69) is 82.9 Å². The summed E-state index contributed by atoms with van der Waals surface area (Å²) in [6, 6.07) is 11.1. The molecular weight excluding hydrogens is 453 g/mol. The minimum atomic E-state index is -1.56. The van der Waals surface area contributed by atoms with Crippen molar-refractivity contribution < 1.29 is 17.0 Å². The molecule has 7 heteroatoms. The number of benzene rings is 1. The molecule has 4 unspecified atom stereocenters. The molecule has 156 valence electrons. The van der Waals surface area contributed by atoms with E-state index in [0.29, 0.717) is 18.5 Å². The van der Waals surface area contributed by atoms with Crippen molar-refractivity contribution in [1.29, 1.82) is 0 Å². The molecule has 3 aliphatic rings. The second kappa shape index (κ2) is 12.2. The first-order valence-corrected chi connectivity index (χ1v) is 17.3. The first kappa shape index (κ1) is 25.4. The van der Waals surface area contributed by atoms with Crippen molar-refractivity contribution >= 4 is 26.8 Å². The molecule has 0 spiro atoms. The SMILES string of the molecule is C[Si](C)(C1CCC2C(c3ccccc3)C=CC=CC21)N1C[N-]C[N-]C1.[CH3-].[Cl][Ti+4][Cl]. The third-order valence-electron chi connectivity index (χ3n) is 6.64. The van der Waals surface area contributed by atoms with E-state index in [4.69, 9.17) is 18.6 Å². The third-order valence-corrected chi connectivity index (χ3v) is 11.0. The molecule has 0 aromatic heterocycles. The average molecular weight is 485 g/mol. The Bertz CT molecular complexity index is 665. The van der Waals surface area contributed by atoms with Crippen LogP contribution in [0.1, 0.15) is 24.3 Å². The van der Waals surface area contributed by atoms with Crippen molar-refractivity contribution in [2.24, 2.45) is 11.8 Å². The zero-order valence-electron chi connectivity index (χ0n) is 17.6. The molecule has 0 amide bonds. The van der Waals surface area contributed by atoms with E-state index < -0.39 is 25.3 Å². The molecule has 1 aromatic rings. The van der Waals surface area contributed by atoms with Crippen molar-refractivity contribution in [1.82, 2.24) is 4.57 Å². The summed E-state index contributed by atoms with van der Waals surface area (Å²) in [5.74, 6) is 1.96. The first-order valence-electron chi connectivity index (χ1n) is 9.97. The van der Waals surface area contributed by atoms with Gasteiger partial charge in [-0.3, -0.25) is 6.67 Å². The van der Waals surface area contributed by atoms with E-state index >= 15 is 0 Å². The average Bonchev–Trinajstić information content (AvgIpc) is 3.04. The van der Waals surface area contributed by atoms with Gasteiger partial charge in [0.2, 0.25) is 0 Å². The summed E-state index contributed by atoms with van der Waals surface area (Å²) in [6.45, 7) is 7.55. The van der Waals surface area contributed by atoms with Crippen molar-refractivity contribution in [3.8, 4) is 0 Å². The molecule has 0 radical (unpaired) electrons. The fourth-order valence-corrected chi connectivity index (χ4v) is 8.74. The summed E-state index contributed by atoms with van der Waals surface area (Å²) in [7, 11) is 8.21. The van der Waals surface area contributed by atoms with E-state index in [9.17, 15) is 0 Å². The molecule has 2 fully saturated rings. The van der Waals surface area contributed by atoms with Crippen LogP contribution < -0.4 is 0 Å². The van der Waals surface area contributed by atoms with Gasteiger partial charge >= 0.3 is 35.6 Å². The number of nitrogens with zero attached hydrogens (tertiary/aromatic N) is 3. The Morgan fingerprint density at radius 2 is 1.62 bits per heavy atom. The summed E-state index contributed by atoms with van der Waals surface area (Å²) in [5.41, 5.74) is 2.27. The predicted molar refractivity (Wildman–Crippen MR) is 126 cm³/mol. The van der Waals surface area contributed by atoms with E-state index in [-0.39, 0.29) is 7.43 Å². The van der Waals surface area contributed by atoms with Crippen molar-refractivity contribution in [2.45, 2.75) is 37.4 Å². The summed E-state index contributed by atoms with van der Waals surface area (Å²) < 4.78 is 2.60. The zero-order valence-corrected chi connectivity index (χ0v) is 21.7. The summed E-state index contributed by atoms with van der Waals surface area (Å²) >= 11 is -0.556. The summed E-state index contributed by atoms with van der Waals surface area (Å²) in [6.07, 6.45) is 12.2. The van der Waals surface area contributed by atoms with Gasteiger partial charge in [-0.15, -0.1) is 13.3 Å². The molecule has 4 atom stereocenters. The molecule has 29 heavy (non-hydrogen) atoms. The molecule has 1 saturated carbocycles. The molecule has 1 saturated heterocycles. The minimum absolute atomic E-state index is 0. The molecule has 3 nitrogen and oxygen atoms in total. The van der Waals surface area contributed by atoms with Gasteiger partial charge in [0.25, 0.3) is 0 Å². The molecule has 1 aromatic carbocycles. The summed E-state index contributed by atoms with van der Waals surface area (Å²) in [4.78, 5) is 0. The van der Waals surface area contributed by atoms with Crippen LogP contribution in [-0.4, -0.2) is 32.8 Å². The van der Waals surface area contributed by atoms with Crippen LogP contribution in [0.3, 0.4) is 0 Å². The number of hydrogen-bond donors (Lipinski definition) is 0. The van der Waals surface area contributed by atoms with Crippen molar-refractivity contribution in [2.75, 3.05) is 20.0 Å². The van der Waals surface area contributed by atoms with Crippen LogP contribution in [0.4, 0.5) is 0 Å². The number of rotatable bonds is 3. The van der Waals surface area contributed by atoms with Crippen LogP contribution in [0.2, 0.25) is 18.6 Å². The van der Waals surface area contributed by atoms with Crippen LogP contribution >= 0.6 is 18.6 Å². The first-order chi connectivity index (χ1) is 13.6. The van der Waals surface area contributed by atoms with Gasteiger partial charge in [-0.25, -0.2) is 0 Å². The molecule has 1 heterocycles. The van der Waals surface area contributed by atoms with Crippen LogP contribution in [0, 0.1) is 19.3 Å². The molecule has 0 bridgehead atoms. The van der Waals surface area contributed by atoms with Gasteiger partial charge in [-0.1, -0.05) is 74.2 Å². The fraction of sp³-hybridized carbons (Fsp3) is 0.500. The Balaban J connectivity index is 0.000000708. The Labute approximate surface area is 195 Å². The normalized spacial score (nSPS) is 29.4. The second-order valence-corrected chi connectivity index (χ2v) is 15.5. The van der Waals surface area contributed by atoms with E-state index in [1.54, 1.807) is 0 Å². The van der Waals surface area contributed by atoms with E-state index in [1.807, 2.05) is 0 Å². The molecule has 4 rings (SSSR count). The van der Waals surface area contributed by atoms with Gasteiger partial charge in [-0.2, -0.15) is 0 Å². The van der Waals surface area contributed by atoms with Crippen LogP contribution in [0.25, 0.3) is 10.6 Å². The van der Waals surface area contributed by atoms with Gasteiger partial charge in [0, 0.05) is 5.92 Å². The monoisotopic (exact) mass is 484 g/mol. The molecule has 2 aliphatic carbocycles. The summed E-state index contributed by atoms with van der Waals surface area (Å²) in [5, 5.41) is 9.09. The number of fused-ring (bicyclic) bond motifs is 1. The Morgan fingerprint density at radius 3 is 2.28 bits per heavy atom. The van der Waals surface area contributed by atoms with Crippen molar-refractivity contribution in [3.63, 3.8) is 0 Å². The Hall–Kier alpha value is 0.0912. The van der Waals surface area contributed by atoms with Crippen LogP contribution in [0.5, 0.6) is 0 Å². The van der Waals surface area contributed by atoms with Gasteiger partial charge in [0.15, 0.2) is 0 Å². The molecular formula is C22H32Cl2N3SiTi+. The number of allylic oxidation sites excluding steroid dienone is 4.